The third-order valence-electron chi connectivity index (χ3n) is 6.55. The van der Waals surface area contributed by atoms with Crippen molar-refractivity contribution in [1.29, 1.82) is 5.26 Å². The highest BCUT2D eigenvalue weighted by Gasteiger charge is 2.59. The predicted octanol–water partition coefficient (Wildman–Crippen LogP) is 3.03. The Balaban J connectivity index is 1.68. The first-order valence-electron chi connectivity index (χ1n) is 10.4. The second-order valence-electron chi connectivity index (χ2n) is 8.20. The molecular formula is C25H20N4O3. The summed E-state index contributed by atoms with van der Waals surface area (Å²) in [5, 5.41) is 12.3. The van der Waals surface area contributed by atoms with Gasteiger partial charge >= 0.3 is 0 Å². The Morgan fingerprint density at radius 1 is 1.12 bits per heavy atom. The summed E-state index contributed by atoms with van der Waals surface area (Å²) >= 11 is 0. The minimum Gasteiger partial charge on any atom is -0.330 e. The van der Waals surface area contributed by atoms with E-state index in [4.69, 9.17) is 0 Å². The molecule has 0 aliphatic carbocycles. The average molecular weight is 424 g/mol. The Kier molecular flexibility index (Phi) is 4.45. The molecule has 2 aliphatic rings. The maximum Gasteiger partial charge on any atom is 0.266 e. The average Bonchev–Trinajstić information content (AvgIpc) is 3.33. The Hall–Kier alpha value is -4.18. The molecule has 1 aromatic heterocycles. The van der Waals surface area contributed by atoms with Crippen molar-refractivity contribution in [2.75, 3.05) is 11.9 Å². The highest BCUT2D eigenvalue weighted by Crippen LogP contribution is 2.54. The van der Waals surface area contributed by atoms with E-state index in [1.54, 1.807) is 11.8 Å². The molecule has 2 N–H and O–H groups in total. The zero-order valence-electron chi connectivity index (χ0n) is 17.4. The minimum absolute atomic E-state index is 0.118. The molecule has 1 saturated heterocycles. The number of likely N-dealkylation sites (tertiary alicyclic amines) is 1. The van der Waals surface area contributed by atoms with E-state index >= 15 is 0 Å². The summed E-state index contributed by atoms with van der Waals surface area (Å²) in [6.07, 6.45) is 0.467. The zero-order valence-corrected chi connectivity index (χ0v) is 17.4. The van der Waals surface area contributed by atoms with E-state index < -0.39 is 17.0 Å². The number of hydrogen-bond donors (Lipinski definition) is 2. The van der Waals surface area contributed by atoms with Crippen LogP contribution < -0.4 is 10.9 Å². The van der Waals surface area contributed by atoms with Crippen molar-refractivity contribution in [2.24, 2.45) is 0 Å². The lowest BCUT2D eigenvalue weighted by atomic mass is 9.72. The van der Waals surface area contributed by atoms with Crippen LogP contribution in [-0.2, 0) is 10.2 Å². The number of nitriles is 1. The lowest BCUT2D eigenvalue weighted by Gasteiger charge is -2.34. The summed E-state index contributed by atoms with van der Waals surface area (Å²) in [5.41, 5.74) is 1.59. The van der Waals surface area contributed by atoms with Gasteiger partial charge in [0.1, 0.15) is 17.0 Å². The van der Waals surface area contributed by atoms with Crippen LogP contribution in [0.3, 0.4) is 0 Å². The fourth-order valence-electron chi connectivity index (χ4n) is 5.09. The number of nitrogens with zero attached hydrogens (tertiary/aromatic N) is 2. The number of carbonyl (C=O) groups excluding carboxylic acids is 2. The van der Waals surface area contributed by atoms with E-state index in [1.807, 2.05) is 60.7 Å². The van der Waals surface area contributed by atoms with Gasteiger partial charge in [-0.15, -0.1) is 0 Å². The monoisotopic (exact) mass is 424 g/mol. The highest BCUT2D eigenvalue weighted by molar-refractivity contribution is 6.08. The number of aryl methyl sites for hydroxylation is 1. The van der Waals surface area contributed by atoms with E-state index in [1.165, 1.54) is 6.07 Å². The Bertz CT molecular complexity index is 1360. The van der Waals surface area contributed by atoms with Crippen molar-refractivity contribution in [2.45, 2.75) is 24.8 Å². The lowest BCUT2D eigenvalue weighted by molar-refractivity contribution is -0.121. The second-order valence-corrected chi connectivity index (χ2v) is 8.20. The van der Waals surface area contributed by atoms with Gasteiger partial charge in [-0.05, 0) is 36.6 Å². The van der Waals surface area contributed by atoms with E-state index in [0.717, 1.165) is 16.8 Å². The first-order chi connectivity index (χ1) is 15.5. The number of para-hydroxylation sites is 1. The molecule has 3 aromatic rings. The van der Waals surface area contributed by atoms with Crippen LogP contribution in [0.15, 0.2) is 65.5 Å². The fourth-order valence-corrected chi connectivity index (χ4v) is 5.09. The maximum atomic E-state index is 13.8. The minimum atomic E-state index is -0.915. The van der Waals surface area contributed by atoms with E-state index in [-0.39, 0.29) is 22.9 Å². The molecule has 7 heteroatoms. The SMILES string of the molecule is Cc1[nH]c(=O)c(C#N)cc1C(=O)N1CC[C@]2(C(=O)Nc3ccccc32)[C@@H]1c1ccccc1. The van der Waals surface area contributed by atoms with Crippen LogP contribution in [0.1, 0.15) is 45.2 Å². The van der Waals surface area contributed by atoms with Gasteiger partial charge in [0, 0.05) is 17.9 Å². The molecule has 1 fully saturated rings. The number of carbonyl (C=O) groups is 2. The summed E-state index contributed by atoms with van der Waals surface area (Å²) in [5.74, 6) is -0.447. The van der Waals surface area contributed by atoms with Gasteiger partial charge < -0.3 is 15.2 Å². The van der Waals surface area contributed by atoms with Gasteiger partial charge in [0.15, 0.2) is 0 Å². The number of rotatable bonds is 2. The molecular weight excluding hydrogens is 404 g/mol. The van der Waals surface area contributed by atoms with E-state index in [9.17, 15) is 19.6 Å². The summed E-state index contributed by atoms with van der Waals surface area (Å²) < 4.78 is 0. The first-order valence-corrected chi connectivity index (χ1v) is 10.4. The predicted molar refractivity (Wildman–Crippen MR) is 118 cm³/mol. The molecule has 5 rings (SSSR count). The third-order valence-corrected chi connectivity index (χ3v) is 6.55. The Labute approximate surface area is 184 Å². The Morgan fingerprint density at radius 3 is 2.59 bits per heavy atom. The normalized spacial score (nSPS) is 21.3. The smallest absolute Gasteiger partial charge is 0.266 e. The molecule has 3 heterocycles. The lowest BCUT2D eigenvalue weighted by Crippen LogP contribution is -2.43. The van der Waals surface area contributed by atoms with Crippen LogP contribution in [0, 0.1) is 18.3 Å². The van der Waals surface area contributed by atoms with Crippen LogP contribution in [-0.4, -0.2) is 28.2 Å². The van der Waals surface area contributed by atoms with Gasteiger partial charge in [-0.2, -0.15) is 5.26 Å². The molecule has 0 radical (unpaired) electrons. The fraction of sp³-hybridized carbons (Fsp3) is 0.200. The van der Waals surface area contributed by atoms with E-state index in [2.05, 4.69) is 10.3 Å². The number of nitrogens with one attached hydrogen (secondary N) is 2. The van der Waals surface area contributed by atoms with Gasteiger partial charge in [0.2, 0.25) is 5.91 Å². The molecule has 158 valence electrons. The summed E-state index contributed by atoms with van der Waals surface area (Å²) in [7, 11) is 0. The number of H-pyrrole nitrogens is 1. The van der Waals surface area contributed by atoms with Crippen LogP contribution in [0.2, 0.25) is 0 Å². The van der Waals surface area contributed by atoms with E-state index in [0.29, 0.717) is 18.7 Å². The second kappa shape index (κ2) is 7.20. The maximum absolute atomic E-state index is 13.8. The number of anilines is 1. The van der Waals surface area contributed by atoms with Gasteiger partial charge in [-0.3, -0.25) is 14.4 Å². The molecule has 2 amide bonds. The highest BCUT2D eigenvalue weighted by atomic mass is 16.2. The van der Waals surface area contributed by atoms with Gasteiger partial charge in [-0.1, -0.05) is 48.5 Å². The quantitative estimate of drug-likeness (QED) is 0.659. The topological polar surface area (TPSA) is 106 Å². The van der Waals surface area contributed by atoms with Crippen molar-refractivity contribution in [3.8, 4) is 6.07 Å². The van der Waals surface area contributed by atoms with Crippen molar-refractivity contribution in [3.63, 3.8) is 0 Å². The van der Waals surface area contributed by atoms with Crippen LogP contribution in [0.4, 0.5) is 5.69 Å². The molecule has 0 bridgehead atoms. The largest absolute Gasteiger partial charge is 0.330 e. The summed E-state index contributed by atoms with van der Waals surface area (Å²) in [6, 6.07) is 19.8. The molecule has 2 aliphatic heterocycles. The number of hydrogen-bond acceptors (Lipinski definition) is 4. The molecule has 7 nitrogen and oxygen atoms in total. The molecule has 0 saturated carbocycles. The number of aromatic amines is 1. The summed E-state index contributed by atoms with van der Waals surface area (Å²) in [4.78, 5) is 43.4. The number of benzene rings is 2. The van der Waals surface area contributed by atoms with Crippen LogP contribution in [0.5, 0.6) is 0 Å². The third kappa shape index (κ3) is 2.70. The zero-order chi connectivity index (χ0) is 22.5. The molecule has 1 spiro atoms. The molecule has 0 unspecified atom stereocenters. The number of amides is 2. The van der Waals surface area contributed by atoms with Crippen molar-refractivity contribution in [1.82, 2.24) is 9.88 Å². The van der Waals surface area contributed by atoms with Crippen molar-refractivity contribution >= 4 is 17.5 Å². The number of fused-ring (bicyclic) bond motifs is 2. The standard InChI is InChI=1S/C25H20N4O3/c1-15-18(13-17(14-26)22(30)27-15)23(31)29-12-11-25(21(29)16-7-3-2-4-8-16)19-9-5-6-10-20(19)28-24(25)32/h2-10,13,21H,11-12H2,1H3,(H,27,30)(H,28,32)/t21-,25+/m0/s1. The van der Waals surface area contributed by atoms with Crippen LogP contribution in [0.25, 0.3) is 0 Å². The molecule has 2 aromatic carbocycles. The first kappa shape index (κ1) is 19.8. The summed E-state index contributed by atoms with van der Waals surface area (Å²) in [6.45, 7) is 2.00. The van der Waals surface area contributed by atoms with Gasteiger partial charge in [0.25, 0.3) is 11.5 Å². The van der Waals surface area contributed by atoms with Gasteiger partial charge in [-0.25, -0.2) is 0 Å². The molecule has 32 heavy (non-hydrogen) atoms. The number of pyridine rings is 1. The van der Waals surface area contributed by atoms with Crippen molar-refractivity contribution in [3.05, 3.63) is 99.0 Å². The number of aromatic nitrogens is 1. The molecule has 2 atom stereocenters. The van der Waals surface area contributed by atoms with Crippen molar-refractivity contribution < 1.29 is 9.59 Å². The van der Waals surface area contributed by atoms with Crippen LogP contribution >= 0.6 is 0 Å². The Morgan fingerprint density at radius 2 is 1.84 bits per heavy atom. The van der Waals surface area contributed by atoms with Gasteiger partial charge in [0.05, 0.1) is 11.6 Å².